The number of hydrogen-bond donors (Lipinski definition) is 1. The highest BCUT2D eigenvalue weighted by molar-refractivity contribution is 5.73. The highest BCUT2D eigenvalue weighted by atomic mass is 16.3. The lowest BCUT2D eigenvalue weighted by atomic mass is 9.82. The van der Waals surface area contributed by atoms with Crippen molar-refractivity contribution in [3.8, 4) is 0 Å². The van der Waals surface area contributed by atoms with Crippen molar-refractivity contribution in [3.05, 3.63) is 0 Å². The van der Waals surface area contributed by atoms with E-state index in [9.17, 15) is 9.90 Å². The van der Waals surface area contributed by atoms with E-state index in [1.807, 2.05) is 4.90 Å². The fraction of sp³-hybridized carbons (Fsp3) is 0.900. The van der Waals surface area contributed by atoms with Crippen molar-refractivity contribution in [1.29, 1.82) is 0 Å². The lowest BCUT2D eigenvalue weighted by molar-refractivity contribution is -0.128. The first-order valence-electron chi connectivity index (χ1n) is 5.04. The van der Waals surface area contributed by atoms with Gasteiger partial charge < -0.3 is 10.0 Å². The van der Waals surface area contributed by atoms with Crippen LogP contribution >= 0.6 is 0 Å². The number of carbonyl (C=O) groups excluding carboxylic acids is 1. The van der Waals surface area contributed by atoms with E-state index < -0.39 is 0 Å². The van der Waals surface area contributed by atoms with Crippen molar-refractivity contribution in [1.82, 2.24) is 4.90 Å². The van der Waals surface area contributed by atoms with Crippen LogP contribution in [0.25, 0.3) is 0 Å². The molecule has 3 nitrogen and oxygen atoms in total. The molecule has 0 bridgehead atoms. The average molecular weight is 183 g/mol. The van der Waals surface area contributed by atoms with E-state index in [0.29, 0.717) is 5.92 Å². The maximum Gasteiger partial charge on any atom is 0.219 e. The molecule has 1 heterocycles. The molecule has 2 rings (SSSR count). The molecule has 0 radical (unpaired) electrons. The van der Waals surface area contributed by atoms with Gasteiger partial charge in [-0.2, -0.15) is 0 Å². The van der Waals surface area contributed by atoms with Gasteiger partial charge in [0.2, 0.25) is 5.91 Å². The maximum absolute atomic E-state index is 11.2. The molecule has 2 aliphatic rings. The summed E-state index contributed by atoms with van der Waals surface area (Å²) in [7, 11) is 0. The molecular weight excluding hydrogens is 166 g/mol. The summed E-state index contributed by atoms with van der Waals surface area (Å²) in [5.74, 6) is 0.712. The Hall–Kier alpha value is -0.570. The van der Waals surface area contributed by atoms with E-state index in [1.165, 1.54) is 12.8 Å². The third-order valence-electron chi connectivity index (χ3n) is 3.80. The largest absolute Gasteiger partial charge is 0.396 e. The molecule has 0 aromatic rings. The fourth-order valence-electron chi connectivity index (χ4n) is 2.91. The molecule has 3 heteroatoms. The first kappa shape index (κ1) is 9.00. The smallest absolute Gasteiger partial charge is 0.219 e. The molecule has 1 saturated carbocycles. The summed E-state index contributed by atoms with van der Waals surface area (Å²) in [6.07, 6.45) is 3.50. The van der Waals surface area contributed by atoms with Gasteiger partial charge in [-0.05, 0) is 18.8 Å². The van der Waals surface area contributed by atoms with Crippen LogP contribution in [0.15, 0.2) is 0 Å². The Balaban J connectivity index is 2.13. The van der Waals surface area contributed by atoms with E-state index in [-0.39, 0.29) is 17.9 Å². The van der Waals surface area contributed by atoms with Crippen molar-refractivity contribution < 1.29 is 9.90 Å². The molecule has 1 saturated heterocycles. The second kappa shape index (κ2) is 2.98. The summed E-state index contributed by atoms with van der Waals surface area (Å²) in [4.78, 5) is 13.1. The van der Waals surface area contributed by atoms with Gasteiger partial charge in [0.1, 0.15) is 0 Å². The summed E-state index contributed by atoms with van der Waals surface area (Å²) in [6.45, 7) is 3.52. The van der Waals surface area contributed by atoms with Gasteiger partial charge in [0, 0.05) is 25.4 Å². The summed E-state index contributed by atoms with van der Waals surface area (Å²) >= 11 is 0. The average Bonchev–Trinajstić information content (AvgIpc) is 2.58. The molecule has 1 aliphatic heterocycles. The number of hydrogen-bond acceptors (Lipinski definition) is 2. The van der Waals surface area contributed by atoms with Crippen molar-refractivity contribution in [2.24, 2.45) is 11.3 Å². The molecule has 1 N–H and O–H groups in total. The lowest BCUT2D eigenvalue weighted by Crippen LogP contribution is -2.32. The van der Waals surface area contributed by atoms with Crippen LogP contribution in [-0.2, 0) is 4.79 Å². The molecule has 0 aromatic carbocycles. The zero-order chi connectivity index (χ0) is 9.47. The minimum absolute atomic E-state index is 0.0612. The maximum atomic E-state index is 11.2. The Morgan fingerprint density at radius 1 is 1.69 bits per heavy atom. The number of aliphatic hydroxyl groups excluding tert-OH is 1. The molecule has 1 amide bonds. The standard InChI is InChI=1S/C10H17NO2/c1-8(13)11-5-9-3-2-4-10(9,6-11)7-12/h9,12H,2-7H2,1H3/t9?,10-/m0/s1. The highest BCUT2D eigenvalue weighted by Crippen LogP contribution is 2.48. The second-order valence-corrected chi connectivity index (χ2v) is 4.51. The van der Waals surface area contributed by atoms with Gasteiger partial charge in [-0.15, -0.1) is 0 Å². The molecule has 2 atom stereocenters. The van der Waals surface area contributed by atoms with Crippen molar-refractivity contribution >= 4 is 5.91 Å². The summed E-state index contributed by atoms with van der Waals surface area (Å²) < 4.78 is 0. The second-order valence-electron chi connectivity index (χ2n) is 4.51. The van der Waals surface area contributed by atoms with Crippen LogP contribution in [0, 0.1) is 11.3 Å². The monoisotopic (exact) mass is 183 g/mol. The van der Waals surface area contributed by atoms with Gasteiger partial charge in [-0.1, -0.05) is 6.42 Å². The van der Waals surface area contributed by atoms with Crippen LogP contribution in [0.4, 0.5) is 0 Å². The van der Waals surface area contributed by atoms with Crippen LogP contribution in [0.1, 0.15) is 26.2 Å². The first-order valence-corrected chi connectivity index (χ1v) is 5.04. The quantitative estimate of drug-likeness (QED) is 0.647. The van der Waals surface area contributed by atoms with E-state index in [4.69, 9.17) is 0 Å². The predicted octanol–water partition coefficient (Wildman–Crippen LogP) is 0.627. The number of fused-ring (bicyclic) bond motifs is 1. The zero-order valence-electron chi connectivity index (χ0n) is 8.12. The number of likely N-dealkylation sites (tertiary alicyclic amines) is 1. The Bertz CT molecular complexity index is 229. The summed E-state index contributed by atoms with van der Waals surface area (Å²) in [5, 5.41) is 9.39. The Morgan fingerprint density at radius 3 is 3.00 bits per heavy atom. The Morgan fingerprint density at radius 2 is 2.46 bits per heavy atom. The molecule has 1 aliphatic carbocycles. The number of aliphatic hydroxyl groups is 1. The molecule has 0 aromatic heterocycles. The summed E-state index contributed by atoms with van der Waals surface area (Å²) in [5.41, 5.74) is 0.0612. The molecule has 0 spiro atoms. The fourth-order valence-corrected chi connectivity index (χ4v) is 2.91. The van der Waals surface area contributed by atoms with E-state index in [2.05, 4.69) is 0 Å². The SMILES string of the molecule is CC(=O)N1CC2CCC[C@@]2(CO)C1. The van der Waals surface area contributed by atoms with Gasteiger partial charge >= 0.3 is 0 Å². The number of carbonyl (C=O) groups is 1. The van der Waals surface area contributed by atoms with Gasteiger partial charge in [0.05, 0.1) is 6.61 Å². The number of amides is 1. The van der Waals surface area contributed by atoms with Crippen LogP contribution in [-0.4, -0.2) is 35.6 Å². The van der Waals surface area contributed by atoms with E-state index in [0.717, 1.165) is 19.5 Å². The molecule has 13 heavy (non-hydrogen) atoms. The lowest BCUT2D eigenvalue weighted by Gasteiger charge is -2.25. The van der Waals surface area contributed by atoms with Crippen LogP contribution in [0.3, 0.4) is 0 Å². The predicted molar refractivity (Wildman–Crippen MR) is 49.1 cm³/mol. The third-order valence-corrected chi connectivity index (χ3v) is 3.80. The van der Waals surface area contributed by atoms with E-state index in [1.54, 1.807) is 6.92 Å². The topological polar surface area (TPSA) is 40.5 Å². The zero-order valence-corrected chi connectivity index (χ0v) is 8.12. The minimum Gasteiger partial charge on any atom is -0.396 e. The molecule has 2 fully saturated rings. The van der Waals surface area contributed by atoms with Gasteiger partial charge in [0.25, 0.3) is 0 Å². The van der Waals surface area contributed by atoms with Crippen LogP contribution in [0.5, 0.6) is 0 Å². The van der Waals surface area contributed by atoms with Crippen molar-refractivity contribution in [2.75, 3.05) is 19.7 Å². The van der Waals surface area contributed by atoms with Crippen LogP contribution < -0.4 is 0 Å². The van der Waals surface area contributed by atoms with Gasteiger partial charge in [-0.3, -0.25) is 4.79 Å². The third kappa shape index (κ3) is 1.26. The summed E-state index contributed by atoms with van der Waals surface area (Å²) in [6, 6.07) is 0. The minimum atomic E-state index is 0.0612. The van der Waals surface area contributed by atoms with Gasteiger partial charge in [0.15, 0.2) is 0 Å². The normalized spacial score (nSPS) is 38.0. The first-order chi connectivity index (χ1) is 6.18. The Labute approximate surface area is 78.7 Å². The highest BCUT2D eigenvalue weighted by Gasteiger charge is 2.49. The van der Waals surface area contributed by atoms with Crippen molar-refractivity contribution in [2.45, 2.75) is 26.2 Å². The van der Waals surface area contributed by atoms with Crippen LogP contribution in [0.2, 0.25) is 0 Å². The number of rotatable bonds is 1. The van der Waals surface area contributed by atoms with Crippen molar-refractivity contribution in [3.63, 3.8) is 0 Å². The molecule has 1 unspecified atom stereocenters. The Kier molecular flexibility index (Phi) is 2.06. The number of nitrogens with zero attached hydrogens (tertiary/aromatic N) is 1. The molecular formula is C10H17NO2. The van der Waals surface area contributed by atoms with Gasteiger partial charge in [-0.25, -0.2) is 0 Å². The molecule has 74 valence electrons. The van der Waals surface area contributed by atoms with E-state index >= 15 is 0 Å².